The average molecular weight is 387 g/mol. The van der Waals surface area contributed by atoms with Gasteiger partial charge in [0.25, 0.3) is 0 Å². The summed E-state index contributed by atoms with van der Waals surface area (Å²) < 4.78 is 23.4. The summed E-state index contributed by atoms with van der Waals surface area (Å²) in [5, 5.41) is 10.9. The molecule has 1 aliphatic rings. The minimum atomic E-state index is -0.314. The topological polar surface area (TPSA) is 72.3 Å². The van der Waals surface area contributed by atoms with Crippen LogP contribution in [0.2, 0.25) is 0 Å². The lowest BCUT2D eigenvalue weighted by Crippen LogP contribution is -2.25. The lowest BCUT2D eigenvalue weighted by Gasteiger charge is -2.07. The maximum absolute atomic E-state index is 13.0. The van der Waals surface area contributed by atoms with Crippen LogP contribution in [0.4, 0.5) is 4.39 Å². The van der Waals surface area contributed by atoms with Crippen molar-refractivity contribution in [2.75, 3.05) is 14.2 Å². The molecular formula is C19H18FN3O3S. The van der Waals surface area contributed by atoms with Crippen LogP contribution in [0.15, 0.2) is 52.7 Å². The molecule has 1 atom stereocenters. The summed E-state index contributed by atoms with van der Waals surface area (Å²) >= 11 is 1.30. The van der Waals surface area contributed by atoms with Crippen molar-refractivity contribution in [1.82, 2.24) is 5.32 Å². The van der Waals surface area contributed by atoms with E-state index in [-0.39, 0.29) is 17.0 Å². The Morgan fingerprint density at radius 2 is 1.89 bits per heavy atom. The summed E-state index contributed by atoms with van der Waals surface area (Å²) in [7, 11) is 3.13. The number of hydrogen-bond acceptors (Lipinski definition) is 6. The second-order valence-electron chi connectivity index (χ2n) is 5.69. The molecule has 3 rings (SSSR count). The summed E-state index contributed by atoms with van der Waals surface area (Å²) in [5.74, 6) is 0.790. The van der Waals surface area contributed by atoms with E-state index >= 15 is 0 Å². The highest BCUT2D eigenvalue weighted by atomic mass is 32.2. The number of nitrogens with one attached hydrogen (secondary N) is 1. The molecule has 27 heavy (non-hydrogen) atoms. The molecule has 6 nitrogen and oxygen atoms in total. The molecule has 0 aromatic heterocycles. The van der Waals surface area contributed by atoms with Crippen LogP contribution in [-0.4, -0.2) is 36.8 Å². The van der Waals surface area contributed by atoms with Crippen LogP contribution >= 0.6 is 11.8 Å². The smallest absolute Gasteiger partial charge is 0.239 e. The van der Waals surface area contributed by atoms with Crippen LogP contribution in [0.5, 0.6) is 11.5 Å². The van der Waals surface area contributed by atoms with Crippen LogP contribution in [0.25, 0.3) is 0 Å². The van der Waals surface area contributed by atoms with Gasteiger partial charge in [0.05, 0.1) is 25.7 Å². The Kier molecular flexibility index (Phi) is 6.08. The molecule has 0 aliphatic carbocycles. The number of carbonyl (C=O) groups excluding carboxylic acids is 1. The van der Waals surface area contributed by atoms with Crippen LogP contribution in [-0.2, 0) is 11.2 Å². The van der Waals surface area contributed by atoms with E-state index in [1.165, 1.54) is 23.9 Å². The zero-order valence-corrected chi connectivity index (χ0v) is 15.6. The molecular weight excluding hydrogens is 369 g/mol. The van der Waals surface area contributed by atoms with Gasteiger partial charge >= 0.3 is 0 Å². The molecule has 1 fully saturated rings. The van der Waals surface area contributed by atoms with Crippen LogP contribution < -0.4 is 14.8 Å². The number of ether oxygens (including phenoxy) is 2. The van der Waals surface area contributed by atoms with Crippen molar-refractivity contribution < 1.29 is 18.7 Å². The molecule has 1 N–H and O–H groups in total. The van der Waals surface area contributed by atoms with Crippen molar-refractivity contribution in [3.8, 4) is 11.5 Å². The summed E-state index contributed by atoms with van der Waals surface area (Å²) in [6.45, 7) is 0. The van der Waals surface area contributed by atoms with Crippen molar-refractivity contribution >= 4 is 29.1 Å². The Morgan fingerprint density at radius 1 is 1.15 bits per heavy atom. The third-order valence-electron chi connectivity index (χ3n) is 3.87. The molecule has 2 aromatic rings. The highest BCUT2D eigenvalue weighted by Gasteiger charge is 2.30. The van der Waals surface area contributed by atoms with Crippen molar-refractivity contribution in [3.63, 3.8) is 0 Å². The standard InChI is InChI=1S/C19H18FN3O3S/c1-25-15-8-5-13(9-16(15)26-2)11-21-23-19-22-18(24)17(27-19)10-12-3-6-14(20)7-4-12/h3-9,11,17H,10H2,1-2H3,(H,22,23,24). The molecule has 8 heteroatoms. The van der Waals surface area contributed by atoms with Crippen molar-refractivity contribution in [1.29, 1.82) is 0 Å². The molecule has 1 heterocycles. The highest BCUT2D eigenvalue weighted by Crippen LogP contribution is 2.27. The lowest BCUT2D eigenvalue weighted by atomic mass is 10.1. The first-order chi connectivity index (χ1) is 13.1. The number of halogens is 1. The third kappa shape index (κ3) is 4.85. The van der Waals surface area contributed by atoms with Gasteiger partial charge in [-0.25, -0.2) is 4.39 Å². The normalized spacial score (nSPS) is 18.1. The minimum Gasteiger partial charge on any atom is -0.493 e. The third-order valence-corrected chi connectivity index (χ3v) is 4.95. The van der Waals surface area contributed by atoms with E-state index in [1.54, 1.807) is 44.7 Å². The number of amides is 1. The fourth-order valence-electron chi connectivity index (χ4n) is 2.50. The van der Waals surface area contributed by atoms with Crippen molar-refractivity contribution in [3.05, 3.63) is 59.4 Å². The second-order valence-corrected chi connectivity index (χ2v) is 6.88. The Bertz CT molecular complexity index is 884. The van der Waals surface area contributed by atoms with E-state index in [0.29, 0.717) is 23.1 Å². The van der Waals surface area contributed by atoms with E-state index in [9.17, 15) is 9.18 Å². The fraction of sp³-hybridized carbons (Fsp3) is 0.211. The summed E-state index contributed by atoms with van der Waals surface area (Å²) in [6.07, 6.45) is 2.06. The van der Waals surface area contributed by atoms with E-state index in [1.807, 2.05) is 6.07 Å². The van der Waals surface area contributed by atoms with Gasteiger partial charge in [-0.05, 0) is 47.9 Å². The van der Waals surface area contributed by atoms with E-state index in [2.05, 4.69) is 15.5 Å². The first-order valence-corrected chi connectivity index (χ1v) is 9.02. The maximum atomic E-state index is 13.0. The van der Waals surface area contributed by atoms with Crippen LogP contribution in [0, 0.1) is 5.82 Å². The minimum absolute atomic E-state index is 0.135. The number of amidine groups is 1. The Morgan fingerprint density at radius 3 is 2.59 bits per heavy atom. The zero-order chi connectivity index (χ0) is 19.2. The molecule has 1 aliphatic heterocycles. The first kappa shape index (κ1) is 18.9. The molecule has 0 spiro atoms. The fourth-order valence-corrected chi connectivity index (χ4v) is 3.47. The number of hydrogen-bond donors (Lipinski definition) is 1. The maximum Gasteiger partial charge on any atom is 0.239 e. The van der Waals surface area contributed by atoms with Gasteiger partial charge in [0.2, 0.25) is 5.91 Å². The summed E-state index contributed by atoms with van der Waals surface area (Å²) in [6, 6.07) is 11.5. The quantitative estimate of drug-likeness (QED) is 0.611. The van der Waals surface area contributed by atoms with Gasteiger partial charge in [0, 0.05) is 0 Å². The van der Waals surface area contributed by atoms with Gasteiger partial charge < -0.3 is 14.8 Å². The molecule has 0 radical (unpaired) electrons. The van der Waals surface area contributed by atoms with Gasteiger partial charge in [0.15, 0.2) is 16.7 Å². The molecule has 2 aromatic carbocycles. The van der Waals surface area contributed by atoms with Crippen molar-refractivity contribution in [2.24, 2.45) is 10.2 Å². The Balaban J connectivity index is 1.63. The van der Waals surface area contributed by atoms with Crippen LogP contribution in [0.3, 0.4) is 0 Å². The summed E-state index contributed by atoms with van der Waals surface area (Å²) in [5.41, 5.74) is 1.67. The number of methoxy groups -OCH3 is 2. The van der Waals surface area contributed by atoms with E-state index < -0.39 is 0 Å². The largest absolute Gasteiger partial charge is 0.493 e. The number of nitrogens with zero attached hydrogens (tertiary/aromatic N) is 2. The van der Waals surface area contributed by atoms with E-state index in [4.69, 9.17) is 9.47 Å². The monoisotopic (exact) mass is 387 g/mol. The van der Waals surface area contributed by atoms with Gasteiger partial charge in [-0.2, -0.15) is 5.10 Å². The van der Waals surface area contributed by atoms with Gasteiger partial charge in [-0.3, -0.25) is 4.79 Å². The molecule has 0 bridgehead atoms. The predicted octanol–water partition coefficient (Wildman–Crippen LogP) is 3.01. The Labute approximate surface area is 160 Å². The van der Waals surface area contributed by atoms with E-state index in [0.717, 1.165) is 11.1 Å². The van der Waals surface area contributed by atoms with Crippen LogP contribution in [0.1, 0.15) is 11.1 Å². The molecule has 1 unspecified atom stereocenters. The molecule has 1 saturated heterocycles. The first-order valence-electron chi connectivity index (χ1n) is 8.14. The highest BCUT2D eigenvalue weighted by molar-refractivity contribution is 8.15. The molecule has 1 amide bonds. The zero-order valence-electron chi connectivity index (χ0n) is 14.8. The van der Waals surface area contributed by atoms with Gasteiger partial charge in [-0.1, -0.05) is 23.9 Å². The predicted molar refractivity (Wildman–Crippen MR) is 104 cm³/mol. The SMILES string of the molecule is COc1ccc(C=NN=C2NC(=O)C(Cc3ccc(F)cc3)S2)cc1OC. The molecule has 140 valence electrons. The molecule has 0 saturated carbocycles. The van der Waals surface area contributed by atoms with Gasteiger partial charge in [-0.15, -0.1) is 5.10 Å². The number of rotatable bonds is 6. The average Bonchev–Trinajstić information content (AvgIpc) is 3.02. The number of thioether (sulfide) groups is 1. The second kappa shape index (κ2) is 8.68. The van der Waals surface area contributed by atoms with Crippen molar-refractivity contribution in [2.45, 2.75) is 11.7 Å². The lowest BCUT2D eigenvalue weighted by molar-refractivity contribution is -0.118. The number of benzene rings is 2. The summed E-state index contributed by atoms with van der Waals surface area (Å²) in [4.78, 5) is 12.1. The van der Waals surface area contributed by atoms with Gasteiger partial charge in [0.1, 0.15) is 5.82 Å². The Hall–Kier alpha value is -2.87. The number of carbonyl (C=O) groups is 1.